The van der Waals surface area contributed by atoms with Crippen molar-refractivity contribution in [2.75, 3.05) is 0 Å². The average molecular weight is 629 g/mol. The summed E-state index contributed by atoms with van der Waals surface area (Å²) in [7, 11) is 0. The zero-order valence-corrected chi connectivity index (χ0v) is 27.0. The minimum atomic E-state index is 0.679. The number of rotatable bonds is 7. The Kier molecular flexibility index (Phi) is 8.11. The molecule has 0 bridgehead atoms. The number of benzene rings is 5. The molecule has 3 aromatic heterocycles. The molecule has 0 fully saturated rings. The molecule has 0 aliphatic rings. The van der Waals surface area contributed by atoms with Gasteiger partial charge in [-0.1, -0.05) is 121 Å². The highest BCUT2D eigenvalue weighted by Gasteiger charge is 2.14. The van der Waals surface area contributed by atoms with Crippen LogP contribution in [0.25, 0.3) is 78.4 Å². The molecule has 0 aliphatic heterocycles. The average Bonchev–Trinajstić information content (AvgIpc) is 3.19. The molecule has 0 aliphatic carbocycles. The molecule has 0 saturated heterocycles. The molecule has 0 radical (unpaired) electrons. The summed E-state index contributed by atoms with van der Waals surface area (Å²) >= 11 is 0. The van der Waals surface area contributed by atoms with Gasteiger partial charge >= 0.3 is 0 Å². The van der Waals surface area contributed by atoms with Crippen LogP contribution in [-0.2, 0) is 0 Å². The van der Waals surface area contributed by atoms with Crippen LogP contribution in [0.1, 0.15) is 5.69 Å². The molecule has 5 aromatic carbocycles. The van der Waals surface area contributed by atoms with Gasteiger partial charge in [-0.05, 0) is 82.3 Å². The monoisotopic (exact) mass is 628 g/mol. The zero-order valence-electron chi connectivity index (χ0n) is 27.0. The molecule has 4 nitrogen and oxygen atoms in total. The van der Waals surface area contributed by atoms with Crippen molar-refractivity contribution in [1.82, 2.24) is 19.9 Å². The molecule has 0 amide bonds. The van der Waals surface area contributed by atoms with E-state index in [1.165, 1.54) is 0 Å². The van der Waals surface area contributed by atoms with Gasteiger partial charge in [0.05, 0.1) is 11.4 Å². The topological polar surface area (TPSA) is 51.6 Å². The summed E-state index contributed by atoms with van der Waals surface area (Å²) in [6, 6.07) is 54.9. The van der Waals surface area contributed by atoms with Gasteiger partial charge in [-0.15, -0.1) is 0 Å². The van der Waals surface area contributed by atoms with Crippen LogP contribution in [0.15, 0.2) is 176 Å². The van der Waals surface area contributed by atoms with Crippen LogP contribution in [0.2, 0.25) is 0 Å². The Balaban J connectivity index is 1.28. The first kappa shape index (κ1) is 29.9. The van der Waals surface area contributed by atoms with Gasteiger partial charge in [0.2, 0.25) is 0 Å². The van der Waals surface area contributed by atoms with Gasteiger partial charge in [0.1, 0.15) is 0 Å². The SMILES string of the molecule is Cc1ncccc1-c1ccc(-c2cc(-c3ccc(-c4cccnc4)cc3)cc(-c3nc(-c4ccccc4)cc(-c4ccccc4)n3)c2)cc1. The number of hydrogen-bond acceptors (Lipinski definition) is 4. The second kappa shape index (κ2) is 13.3. The number of hydrogen-bond donors (Lipinski definition) is 0. The van der Waals surface area contributed by atoms with E-state index in [1.54, 1.807) is 6.20 Å². The van der Waals surface area contributed by atoms with Crippen LogP contribution in [-0.4, -0.2) is 19.9 Å². The van der Waals surface area contributed by atoms with E-state index >= 15 is 0 Å². The van der Waals surface area contributed by atoms with Crippen LogP contribution in [0.3, 0.4) is 0 Å². The second-order valence-corrected chi connectivity index (χ2v) is 12.0. The van der Waals surface area contributed by atoms with Crippen LogP contribution >= 0.6 is 0 Å². The summed E-state index contributed by atoms with van der Waals surface area (Å²) in [5.74, 6) is 0.679. The van der Waals surface area contributed by atoms with Gasteiger partial charge in [-0.25, -0.2) is 9.97 Å². The fraction of sp³-hybridized carbons (Fsp3) is 0.0222. The number of aryl methyl sites for hydroxylation is 1. The molecule has 0 saturated carbocycles. The maximum absolute atomic E-state index is 5.16. The van der Waals surface area contributed by atoms with Crippen molar-refractivity contribution in [2.45, 2.75) is 6.92 Å². The minimum Gasteiger partial charge on any atom is -0.264 e. The van der Waals surface area contributed by atoms with Crippen LogP contribution in [0.4, 0.5) is 0 Å². The Morgan fingerprint density at radius 1 is 0.367 bits per heavy atom. The van der Waals surface area contributed by atoms with Crippen molar-refractivity contribution in [3.8, 4) is 78.4 Å². The highest BCUT2D eigenvalue weighted by molar-refractivity contribution is 5.82. The molecule has 0 N–H and O–H groups in total. The van der Waals surface area contributed by atoms with Gasteiger partial charge in [0, 0.05) is 46.5 Å². The number of aromatic nitrogens is 4. The molecule has 0 spiro atoms. The van der Waals surface area contributed by atoms with Gasteiger partial charge in [-0.3, -0.25) is 9.97 Å². The van der Waals surface area contributed by atoms with E-state index in [0.29, 0.717) is 5.82 Å². The Morgan fingerprint density at radius 3 is 1.39 bits per heavy atom. The maximum atomic E-state index is 5.16. The molecular weight excluding hydrogens is 597 g/mol. The molecule has 8 rings (SSSR count). The van der Waals surface area contributed by atoms with Crippen molar-refractivity contribution in [3.63, 3.8) is 0 Å². The van der Waals surface area contributed by atoms with E-state index in [-0.39, 0.29) is 0 Å². The molecule has 4 heteroatoms. The fourth-order valence-electron chi connectivity index (χ4n) is 6.20. The number of pyridine rings is 2. The summed E-state index contributed by atoms with van der Waals surface area (Å²) in [4.78, 5) is 19.1. The molecule has 49 heavy (non-hydrogen) atoms. The number of nitrogens with zero attached hydrogens (tertiary/aromatic N) is 4. The minimum absolute atomic E-state index is 0.679. The molecule has 0 unspecified atom stereocenters. The lowest BCUT2D eigenvalue weighted by atomic mass is 9.93. The molecule has 0 atom stereocenters. The first-order valence-electron chi connectivity index (χ1n) is 16.4. The summed E-state index contributed by atoms with van der Waals surface area (Å²) in [5, 5.41) is 0. The smallest absolute Gasteiger partial charge is 0.160 e. The van der Waals surface area contributed by atoms with Crippen molar-refractivity contribution < 1.29 is 0 Å². The second-order valence-electron chi connectivity index (χ2n) is 12.0. The van der Waals surface area contributed by atoms with Gasteiger partial charge in [-0.2, -0.15) is 0 Å². The normalized spacial score (nSPS) is 11.0. The van der Waals surface area contributed by atoms with Crippen molar-refractivity contribution in [2.24, 2.45) is 0 Å². The third-order valence-electron chi connectivity index (χ3n) is 8.81. The predicted molar refractivity (Wildman–Crippen MR) is 200 cm³/mol. The van der Waals surface area contributed by atoms with Crippen molar-refractivity contribution in [3.05, 3.63) is 182 Å². The Bertz CT molecular complexity index is 2290. The maximum Gasteiger partial charge on any atom is 0.160 e. The van der Waals surface area contributed by atoms with Crippen molar-refractivity contribution >= 4 is 0 Å². The molecule has 232 valence electrons. The fourth-order valence-corrected chi connectivity index (χ4v) is 6.20. The third-order valence-corrected chi connectivity index (χ3v) is 8.81. The van der Waals surface area contributed by atoms with E-state index in [0.717, 1.165) is 78.3 Å². The zero-order chi connectivity index (χ0) is 33.0. The summed E-state index contributed by atoms with van der Waals surface area (Å²) in [6.07, 6.45) is 5.53. The Morgan fingerprint density at radius 2 is 0.857 bits per heavy atom. The van der Waals surface area contributed by atoms with E-state index < -0.39 is 0 Å². The van der Waals surface area contributed by atoms with Crippen LogP contribution in [0.5, 0.6) is 0 Å². The summed E-state index contributed by atoms with van der Waals surface area (Å²) < 4.78 is 0. The first-order chi connectivity index (χ1) is 24.2. The molecule has 8 aromatic rings. The standard InChI is InChI=1S/C45H32N4/c1-31-42(15-9-25-47-31)35-22-20-34(21-23-35)40-26-39(33-18-16-32(17-19-33)38-14-8-24-46-30-38)27-41(28-40)45-48-43(36-10-4-2-5-11-36)29-44(49-45)37-12-6-3-7-13-37/h2-30H,1H3. The molecule has 3 heterocycles. The van der Waals surface area contributed by atoms with Crippen molar-refractivity contribution in [1.29, 1.82) is 0 Å². The highest BCUT2D eigenvalue weighted by Crippen LogP contribution is 2.35. The van der Waals surface area contributed by atoms with Gasteiger partial charge in [0.15, 0.2) is 5.82 Å². The Labute approximate surface area is 286 Å². The predicted octanol–water partition coefficient (Wildman–Crippen LogP) is 11.2. The summed E-state index contributed by atoms with van der Waals surface area (Å²) in [5.41, 5.74) is 14.7. The lowest BCUT2D eigenvalue weighted by molar-refractivity contribution is 1.18. The van der Waals surface area contributed by atoms with Gasteiger partial charge < -0.3 is 0 Å². The highest BCUT2D eigenvalue weighted by atomic mass is 14.9. The van der Waals surface area contributed by atoms with E-state index in [9.17, 15) is 0 Å². The van der Waals surface area contributed by atoms with Crippen LogP contribution < -0.4 is 0 Å². The van der Waals surface area contributed by atoms with E-state index in [2.05, 4.69) is 119 Å². The first-order valence-corrected chi connectivity index (χ1v) is 16.4. The van der Waals surface area contributed by atoms with E-state index in [1.807, 2.05) is 67.8 Å². The Hall–Kier alpha value is -6.52. The quantitative estimate of drug-likeness (QED) is 0.176. The lowest BCUT2D eigenvalue weighted by Crippen LogP contribution is -1.97. The lowest BCUT2D eigenvalue weighted by Gasteiger charge is -2.14. The molecular formula is C45H32N4. The van der Waals surface area contributed by atoms with Gasteiger partial charge in [0.25, 0.3) is 0 Å². The van der Waals surface area contributed by atoms with E-state index in [4.69, 9.17) is 9.97 Å². The summed E-state index contributed by atoms with van der Waals surface area (Å²) in [6.45, 7) is 2.05. The largest absolute Gasteiger partial charge is 0.264 e. The van der Waals surface area contributed by atoms with Crippen LogP contribution in [0, 0.1) is 6.92 Å². The third kappa shape index (κ3) is 6.40.